The molecule has 1 atom stereocenters. The zero-order chi connectivity index (χ0) is 20.5. The molecule has 1 N–H and O–H groups in total. The molecule has 0 amide bonds. The Morgan fingerprint density at radius 3 is 2.00 bits per heavy atom. The zero-order valence-electron chi connectivity index (χ0n) is 15.2. The molecule has 1 unspecified atom stereocenters. The van der Waals surface area contributed by atoms with Crippen molar-refractivity contribution in [1.29, 1.82) is 0 Å². The molecule has 0 aliphatic carbocycles. The van der Waals surface area contributed by atoms with Crippen LogP contribution in [-0.4, -0.2) is 22.7 Å². The molecular weight excluding hydrogens is 375 g/mol. The van der Waals surface area contributed by atoms with Crippen LogP contribution in [0, 0.1) is 0 Å². The van der Waals surface area contributed by atoms with E-state index < -0.39 is 26.1 Å². The van der Waals surface area contributed by atoms with E-state index in [0.717, 1.165) is 18.4 Å². The first kappa shape index (κ1) is 24.8. The predicted octanol–water partition coefficient (Wildman–Crippen LogP) is 5.60. The van der Waals surface area contributed by atoms with Gasteiger partial charge in [0.15, 0.2) is 0 Å². The Kier molecular flexibility index (Phi) is 10.3. The van der Waals surface area contributed by atoms with Crippen molar-refractivity contribution in [1.82, 2.24) is 0 Å². The molecule has 0 aromatic rings. The normalized spacial score (nSPS) is 15.0. The van der Waals surface area contributed by atoms with Gasteiger partial charge in [0.1, 0.15) is 0 Å². The van der Waals surface area contributed by atoms with Gasteiger partial charge in [-0.05, 0) is 59.5 Å². The van der Waals surface area contributed by atoms with Crippen LogP contribution < -0.4 is 0 Å². The minimum Gasteiger partial charge on any atom is -0.326 e. The van der Waals surface area contributed by atoms with Crippen molar-refractivity contribution in [2.24, 2.45) is 0 Å². The fourth-order valence-corrected chi connectivity index (χ4v) is 2.29. The van der Waals surface area contributed by atoms with E-state index in [1.54, 1.807) is 0 Å². The molecule has 0 saturated carbocycles. The number of hydrogen-bond donors (Lipinski definition) is 1. The van der Waals surface area contributed by atoms with Crippen LogP contribution in [-0.2, 0) is 13.9 Å². The molecule has 4 nitrogen and oxygen atoms in total. The smallest absolute Gasteiger partial charge is 0.326 e. The molecule has 0 aromatic carbocycles. The van der Waals surface area contributed by atoms with Crippen LogP contribution in [0.1, 0.15) is 53.4 Å². The SMILES string of the molecule is CC(C)=CCCC(C)=CCCC(C)=CC(=O)C(F)(F)C(F)(F)O[PH](=O)O. The maximum absolute atomic E-state index is 13.5. The van der Waals surface area contributed by atoms with Crippen LogP contribution in [0.3, 0.4) is 0 Å². The van der Waals surface area contributed by atoms with Crippen LogP contribution >= 0.6 is 8.25 Å². The quantitative estimate of drug-likeness (QED) is 0.212. The van der Waals surface area contributed by atoms with Crippen molar-refractivity contribution in [3.8, 4) is 0 Å². The summed E-state index contributed by atoms with van der Waals surface area (Å²) in [4.78, 5) is 19.7. The second kappa shape index (κ2) is 10.8. The van der Waals surface area contributed by atoms with Crippen LogP contribution in [0.2, 0.25) is 0 Å². The molecule has 0 rings (SSSR count). The lowest BCUT2D eigenvalue weighted by Gasteiger charge is -2.22. The van der Waals surface area contributed by atoms with E-state index in [4.69, 9.17) is 4.89 Å². The van der Waals surface area contributed by atoms with Crippen molar-refractivity contribution in [3.05, 3.63) is 34.9 Å². The first-order valence-corrected chi connectivity index (χ1v) is 9.24. The predicted molar refractivity (Wildman–Crippen MR) is 92.6 cm³/mol. The molecule has 0 radical (unpaired) electrons. The highest BCUT2D eigenvalue weighted by Gasteiger charge is 2.63. The standard InChI is InChI=1S/C17H25F4O4P/c1-12(2)7-5-8-13(3)9-6-10-14(4)11-15(22)16(18,19)17(20,21)25-26(23)24/h7,9,11,26H,5-6,8,10H2,1-4H3,(H,23,24). The van der Waals surface area contributed by atoms with Crippen molar-refractivity contribution < 1.29 is 36.3 Å². The Morgan fingerprint density at radius 1 is 1.00 bits per heavy atom. The Morgan fingerprint density at radius 2 is 1.50 bits per heavy atom. The molecule has 0 spiro atoms. The third-order valence-corrected chi connectivity index (χ3v) is 3.82. The monoisotopic (exact) mass is 400 g/mol. The first-order chi connectivity index (χ1) is 11.8. The molecule has 0 bridgehead atoms. The van der Waals surface area contributed by atoms with Crippen molar-refractivity contribution in [3.63, 3.8) is 0 Å². The molecule has 0 fully saturated rings. The third-order valence-electron chi connectivity index (χ3n) is 3.39. The molecule has 0 aromatic heterocycles. The van der Waals surface area contributed by atoms with Crippen LogP contribution in [0.15, 0.2) is 34.9 Å². The Bertz CT molecular complexity index is 606. The Labute approximate surface area is 151 Å². The fraction of sp³-hybridized carbons (Fsp3) is 0.588. The van der Waals surface area contributed by atoms with E-state index in [9.17, 15) is 26.9 Å². The topological polar surface area (TPSA) is 63.6 Å². The number of carbonyl (C=O) groups excluding carboxylic acids is 1. The number of allylic oxidation sites excluding steroid dienone is 6. The van der Waals surface area contributed by atoms with Gasteiger partial charge in [0, 0.05) is 0 Å². The highest BCUT2D eigenvalue weighted by Crippen LogP contribution is 2.42. The molecular formula is C17H25F4O4P. The maximum Gasteiger partial charge on any atom is 0.434 e. The maximum atomic E-state index is 13.5. The highest BCUT2D eigenvalue weighted by molar-refractivity contribution is 7.32. The number of alkyl halides is 4. The van der Waals surface area contributed by atoms with Crippen molar-refractivity contribution in [2.75, 3.05) is 0 Å². The lowest BCUT2D eigenvalue weighted by molar-refractivity contribution is -0.293. The second-order valence-corrected chi connectivity index (χ2v) is 6.96. The summed E-state index contributed by atoms with van der Waals surface area (Å²) in [5.74, 6) is -7.40. The molecule has 0 saturated heterocycles. The summed E-state index contributed by atoms with van der Waals surface area (Å²) >= 11 is 0. The van der Waals surface area contributed by atoms with Gasteiger partial charge in [-0.2, -0.15) is 17.6 Å². The van der Waals surface area contributed by atoms with Gasteiger partial charge in [-0.3, -0.25) is 9.36 Å². The summed E-state index contributed by atoms with van der Waals surface area (Å²) in [7, 11) is -4.34. The molecule has 150 valence electrons. The van der Waals surface area contributed by atoms with Gasteiger partial charge in [0.25, 0.3) is 0 Å². The molecule has 26 heavy (non-hydrogen) atoms. The van der Waals surface area contributed by atoms with Gasteiger partial charge >= 0.3 is 20.3 Å². The van der Waals surface area contributed by atoms with Crippen LogP contribution in [0.5, 0.6) is 0 Å². The van der Waals surface area contributed by atoms with Crippen LogP contribution in [0.25, 0.3) is 0 Å². The van der Waals surface area contributed by atoms with E-state index in [-0.39, 0.29) is 12.0 Å². The third kappa shape index (κ3) is 8.92. The Hall–Kier alpha value is -1.24. The lowest BCUT2D eigenvalue weighted by Crippen LogP contribution is -2.47. The molecule has 0 aliphatic heterocycles. The van der Waals surface area contributed by atoms with Crippen LogP contribution in [0.4, 0.5) is 17.6 Å². The summed E-state index contributed by atoms with van der Waals surface area (Å²) in [6, 6.07) is 0. The van der Waals surface area contributed by atoms with E-state index in [1.165, 1.54) is 12.5 Å². The van der Waals surface area contributed by atoms with Gasteiger partial charge in [-0.1, -0.05) is 28.9 Å². The number of carbonyl (C=O) groups is 1. The van der Waals surface area contributed by atoms with Crippen molar-refractivity contribution >= 4 is 14.0 Å². The lowest BCUT2D eigenvalue weighted by atomic mass is 10.0. The highest BCUT2D eigenvalue weighted by atomic mass is 31.1. The van der Waals surface area contributed by atoms with E-state index in [2.05, 4.69) is 10.6 Å². The molecule has 9 heteroatoms. The van der Waals surface area contributed by atoms with Gasteiger partial charge in [-0.25, -0.2) is 4.52 Å². The largest absolute Gasteiger partial charge is 0.434 e. The van der Waals surface area contributed by atoms with Gasteiger partial charge in [0.05, 0.1) is 0 Å². The summed E-state index contributed by atoms with van der Waals surface area (Å²) < 4.78 is 66.4. The average molecular weight is 400 g/mol. The summed E-state index contributed by atoms with van der Waals surface area (Å²) in [5.41, 5.74) is 2.50. The minimum atomic E-state index is -5.35. The second-order valence-electron chi connectivity index (χ2n) is 6.22. The van der Waals surface area contributed by atoms with E-state index >= 15 is 0 Å². The Balaban J connectivity index is 4.77. The van der Waals surface area contributed by atoms with E-state index in [0.29, 0.717) is 12.5 Å². The summed E-state index contributed by atoms with van der Waals surface area (Å²) in [6.07, 6.45) is 1.48. The fourth-order valence-electron chi connectivity index (χ4n) is 1.94. The number of rotatable bonds is 11. The first-order valence-electron chi connectivity index (χ1n) is 7.97. The van der Waals surface area contributed by atoms with Gasteiger partial charge in [0.2, 0.25) is 5.78 Å². The minimum absolute atomic E-state index is 0.190. The number of ketones is 1. The van der Waals surface area contributed by atoms with Gasteiger partial charge in [-0.15, -0.1) is 0 Å². The summed E-state index contributed by atoms with van der Waals surface area (Å²) in [5, 5.41) is 0. The van der Waals surface area contributed by atoms with E-state index in [1.807, 2.05) is 26.8 Å². The zero-order valence-corrected chi connectivity index (χ0v) is 16.2. The summed E-state index contributed by atoms with van der Waals surface area (Å²) in [6.45, 7) is 7.28. The number of hydrogen-bond acceptors (Lipinski definition) is 3. The van der Waals surface area contributed by atoms with Crippen molar-refractivity contribution in [2.45, 2.75) is 65.4 Å². The number of halogens is 4. The average Bonchev–Trinajstić information content (AvgIpc) is 2.44. The molecule has 0 heterocycles. The van der Waals surface area contributed by atoms with Gasteiger partial charge < -0.3 is 4.89 Å². The molecule has 0 aliphatic rings.